The highest BCUT2D eigenvalue weighted by atomic mass is 16.4. The van der Waals surface area contributed by atoms with E-state index in [2.05, 4.69) is 24.9 Å². The van der Waals surface area contributed by atoms with Crippen molar-refractivity contribution in [3.05, 3.63) is 53.6 Å². The van der Waals surface area contributed by atoms with Crippen molar-refractivity contribution in [2.75, 3.05) is 0 Å². The van der Waals surface area contributed by atoms with Crippen LogP contribution in [0.3, 0.4) is 0 Å². The van der Waals surface area contributed by atoms with Crippen LogP contribution in [0.4, 0.5) is 0 Å². The fourth-order valence-corrected chi connectivity index (χ4v) is 2.55. The lowest BCUT2D eigenvalue weighted by atomic mass is 9.98. The van der Waals surface area contributed by atoms with Crippen LogP contribution in [0.2, 0.25) is 0 Å². The van der Waals surface area contributed by atoms with E-state index >= 15 is 0 Å². The van der Waals surface area contributed by atoms with E-state index in [0.29, 0.717) is 11.4 Å². The Bertz CT molecular complexity index is 822. The van der Waals surface area contributed by atoms with Crippen LogP contribution < -0.4 is 0 Å². The van der Waals surface area contributed by atoms with Crippen LogP contribution in [0.25, 0.3) is 21.8 Å². The summed E-state index contributed by atoms with van der Waals surface area (Å²) in [5.74, 6) is -0.592. The molecule has 1 aromatic heterocycles. The minimum absolute atomic E-state index is 0.253. The van der Waals surface area contributed by atoms with Crippen LogP contribution >= 0.6 is 0 Å². The molecule has 0 amide bonds. The fraction of sp³-hybridized carbons (Fsp3) is 0.176. The van der Waals surface area contributed by atoms with Gasteiger partial charge in [0, 0.05) is 10.8 Å². The summed E-state index contributed by atoms with van der Waals surface area (Å²) in [6, 6.07) is 13.3. The highest BCUT2D eigenvalue weighted by Gasteiger charge is 2.12. The Morgan fingerprint density at radius 3 is 2.35 bits per heavy atom. The van der Waals surface area contributed by atoms with Gasteiger partial charge in [-0.2, -0.15) is 0 Å². The molecule has 1 N–H and O–H groups in total. The second-order valence-electron chi connectivity index (χ2n) is 5.24. The second kappa shape index (κ2) is 4.60. The number of fused-ring (bicyclic) bond motifs is 2. The van der Waals surface area contributed by atoms with Gasteiger partial charge in [0.05, 0.1) is 16.6 Å². The first-order valence-corrected chi connectivity index (χ1v) is 6.63. The predicted molar refractivity (Wildman–Crippen MR) is 80.3 cm³/mol. The van der Waals surface area contributed by atoms with E-state index in [4.69, 9.17) is 0 Å². The summed E-state index contributed by atoms with van der Waals surface area (Å²) in [7, 11) is 0. The Kier molecular flexibility index (Phi) is 2.90. The molecule has 0 saturated carbocycles. The average molecular weight is 265 g/mol. The first-order valence-electron chi connectivity index (χ1n) is 6.63. The van der Waals surface area contributed by atoms with Gasteiger partial charge in [0.15, 0.2) is 0 Å². The van der Waals surface area contributed by atoms with Gasteiger partial charge in [-0.1, -0.05) is 44.2 Å². The molecule has 3 nitrogen and oxygen atoms in total. The maximum atomic E-state index is 11.3. The molecule has 0 unspecified atom stereocenters. The number of para-hydroxylation sites is 2. The van der Waals surface area contributed by atoms with Gasteiger partial charge in [0.25, 0.3) is 0 Å². The molecule has 0 radical (unpaired) electrons. The molecule has 2 aromatic carbocycles. The molecule has 3 aromatic rings. The third-order valence-corrected chi connectivity index (χ3v) is 3.55. The molecule has 0 fully saturated rings. The topological polar surface area (TPSA) is 50.2 Å². The quantitative estimate of drug-likeness (QED) is 0.706. The number of benzene rings is 2. The molecule has 0 aliphatic carbocycles. The van der Waals surface area contributed by atoms with E-state index in [9.17, 15) is 9.90 Å². The summed E-state index contributed by atoms with van der Waals surface area (Å²) in [5, 5.41) is 11.2. The van der Waals surface area contributed by atoms with E-state index in [0.717, 1.165) is 21.9 Å². The summed E-state index contributed by atoms with van der Waals surface area (Å²) in [5.41, 5.74) is 2.84. The number of carbonyl (C=O) groups is 1. The van der Waals surface area contributed by atoms with Crippen molar-refractivity contribution in [1.82, 2.24) is 4.98 Å². The first-order chi connectivity index (χ1) is 9.58. The van der Waals surface area contributed by atoms with Crippen LogP contribution in [-0.4, -0.2) is 16.1 Å². The molecule has 20 heavy (non-hydrogen) atoms. The van der Waals surface area contributed by atoms with Gasteiger partial charge in [-0.3, -0.25) is 0 Å². The fourth-order valence-electron chi connectivity index (χ4n) is 2.55. The van der Waals surface area contributed by atoms with Crippen molar-refractivity contribution < 1.29 is 9.90 Å². The Morgan fingerprint density at radius 2 is 1.70 bits per heavy atom. The number of carboxylic acid groups (broad SMARTS) is 1. The zero-order valence-electron chi connectivity index (χ0n) is 11.4. The lowest BCUT2D eigenvalue weighted by molar-refractivity contribution is 0.0699. The molecule has 0 bridgehead atoms. The molecule has 0 aliphatic rings. The van der Waals surface area contributed by atoms with Gasteiger partial charge >= 0.3 is 5.97 Å². The first kappa shape index (κ1) is 12.6. The number of hydrogen-bond acceptors (Lipinski definition) is 2. The smallest absolute Gasteiger partial charge is 0.337 e. The van der Waals surface area contributed by atoms with Gasteiger partial charge in [0.2, 0.25) is 0 Å². The van der Waals surface area contributed by atoms with E-state index < -0.39 is 5.97 Å². The third kappa shape index (κ3) is 1.92. The van der Waals surface area contributed by atoms with Crippen molar-refractivity contribution in [2.24, 2.45) is 0 Å². The number of carboxylic acids is 1. The number of aromatic carboxylic acids is 1. The summed E-state index contributed by atoms with van der Waals surface area (Å²) >= 11 is 0. The monoisotopic (exact) mass is 265 g/mol. The summed E-state index contributed by atoms with van der Waals surface area (Å²) < 4.78 is 0. The molecule has 0 saturated heterocycles. The Balaban J connectivity index is 2.45. The van der Waals surface area contributed by atoms with Crippen molar-refractivity contribution >= 4 is 27.8 Å². The molecule has 3 heteroatoms. The number of aromatic nitrogens is 1. The van der Waals surface area contributed by atoms with Crippen LogP contribution in [0.5, 0.6) is 0 Å². The zero-order valence-corrected chi connectivity index (χ0v) is 11.4. The van der Waals surface area contributed by atoms with Crippen molar-refractivity contribution in [3.63, 3.8) is 0 Å². The lowest BCUT2D eigenvalue weighted by Crippen LogP contribution is -2.00. The normalized spacial score (nSPS) is 11.3. The van der Waals surface area contributed by atoms with E-state index in [-0.39, 0.29) is 5.56 Å². The minimum Gasteiger partial charge on any atom is -0.478 e. The van der Waals surface area contributed by atoms with Crippen LogP contribution in [-0.2, 0) is 0 Å². The van der Waals surface area contributed by atoms with Gasteiger partial charge in [0.1, 0.15) is 0 Å². The molecular formula is C17H15NO2. The highest BCUT2D eigenvalue weighted by molar-refractivity contribution is 6.05. The molecule has 100 valence electrons. The SMILES string of the molecule is CC(C)c1cccc2cc3cccc(C(=O)O)c3nc12. The average Bonchev–Trinajstić information content (AvgIpc) is 2.43. The van der Waals surface area contributed by atoms with Crippen LogP contribution in [0, 0.1) is 0 Å². The molecule has 3 rings (SSSR count). The standard InChI is InChI=1S/C17H15NO2/c1-10(2)13-7-3-5-11-9-12-6-4-8-14(17(19)20)16(12)18-15(11)13/h3-10H,1-2H3,(H,19,20). The molecule has 0 aliphatic heterocycles. The Morgan fingerprint density at radius 1 is 1.05 bits per heavy atom. The highest BCUT2D eigenvalue weighted by Crippen LogP contribution is 2.28. The third-order valence-electron chi connectivity index (χ3n) is 3.55. The van der Waals surface area contributed by atoms with Crippen LogP contribution in [0.1, 0.15) is 35.7 Å². The lowest BCUT2D eigenvalue weighted by Gasteiger charge is -2.11. The summed E-state index contributed by atoms with van der Waals surface area (Å²) in [6.07, 6.45) is 0. The minimum atomic E-state index is -0.940. The summed E-state index contributed by atoms with van der Waals surface area (Å²) in [4.78, 5) is 16.0. The second-order valence-corrected chi connectivity index (χ2v) is 5.24. The van der Waals surface area contributed by atoms with Crippen LogP contribution in [0.15, 0.2) is 42.5 Å². The van der Waals surface area contributed by atoms with E-state index in [1.54, 1.807) is 12.1 Å². The largest absolute Gasteiger partial charge is 0.478 e. The van der Waals surface area contributed by atoms with E-state index in [1.807, 2.05) is 24.3 Å². The van der Waals surface area contributed by atoms with E-state index in [1.165, 1.54) is 0 Å². The number of hydrogen-bond donors (Lipinski definition) is 1. The molecule has 0 atom stereocenters. The predicted octanol–water partition coefficient (Wildman–Crippen LogP) is 4.21. The van der Waals surface area contributed by atoms with Gasteiger partial charge < -0.3 is 5.11 Å². The maximum absolute atomic E-state index is 11.3. The summed E-state index contributed by atoms with van der Waals surface area (Å²) in [6.45, 7) is 4.23. The van der Waals surface area contributed by atoms with Crippen molar-refractivity contribution in [3.8, 4) is 0 Å². The van der Waals surface area contributed by atoms with Gasteiger partial charge in [-0.15, -0.1) is 0 Å². The maximum Gasteiger partial charge on any atom is 0.337 e. The molecule has 0 spiro atoms. The van der Waals surface area contributed by atoms with Crippen molar-refractivity contribution in [1.29, 1.82) is 0 Å². The van der Waals surface area contributed by atoms with Gasteiger partial charge in [-0.05, 0) is 23.6 Å². The molecule has 1 heterocycles. The molecular weight excluding hydrogens is 250 g/mol. The Hall–Kier alpha value is -2.42. The Labute approximate surface area is 116 Å². The number of nitrogens with zero attached hydrogens (tertiary/aromatic N) is 1. The van der Waals surface area contributed by atoms with Crippen molar-refractivity contribution in [2.45, 2.75) is 19.8 Å². The zero-order chi connectivity index (χ0) is 14.3. The van der Waals surface area contributed by atoms with Gasteiger partial charge in [-0.25, -0.2) is 9.78 Å². The number of pyridine rings is 1. The number of rotatable bonds is 2.